The molecule has 2 heterocycles. The van der Waals surface area contributed by atoms with Gasteiger partial charge in [0.25, 0.3) is 0 Å². The number of ether oxygens (including phenoxy) is 2. The molecule has 29 heavy (non-hydrogen) atoms. The zero-order chi connectivity index (χ0) is 20.2. The van der Waals surface area contributed by atoms with Crippen molar-refractivity contribution in [1.82, 2.24) is 10.2 Å². The van der Waals surface area contributed by atoms with Crippen molar-refractivity contribution in [2.45, 2.75) is 42.8 Å². The Bertz CT molecular complexity index is 948. The molecule has 8 heteroatoms. The first-order valence-corrected chi connectivity index (χ1v) is 11.2. The number of hydrogen-bond donors (Lipinski definition) is 2. The van der Waals surface area contributed by atoms with E-state index >= 15 is 0 Å². The highest BCUT2D eigenvalue weighted by molar-refractivity contribution is 8.01. The number of aliphatic hydroxyl groups is 1. The van der Waals surface area contributed by atoms with Gasteiger partial charge in [-0.3, -0.25) is 0 Å². The number of thioether (sulfide) groups is 1. The highest BCUT2D eigenvalue weighted by atomic mass is 32.2. The lowest BCUT2D eigenvalue weighted by Crippen LogP contribution is -2.31. The number of aliphatic hydroxyl groups excluding tert-OH is 1. The van der Waals surface area contributed by atoms with E-state index in [1.807, 2.05) is 55.5 Å². The molecule has 3 aromatic rings. The molecule has 0 amide bonds. The fourth-order valence-electron chi connectivity index (χ4n) is 3.23. The van der Waals surface area contributed by atoms with Crippen LogP contribution in [0.4, 0.5) is 5.69 Å². The summed E-state index contributed by atoms with van der Waals surface area (Å²) in [5.74, 6) is 0.766. The molecule has 0 radical (unpaired) electrons. The molecule has 3 unspecified atom stereocenters. The van der Waals surface area contributed by atoms with Crippen LogP contribution in [0.1, 0.15) is 40.5 Å². The van der Waals surface area contributed by atoms with E-state index in [1.165, 1.54) is 0 Å². The summed E-state index contributed by atoms with van der Waals surface area (Å²) in [4.78, 5) is 0. The lowest BCUT2D eigenvalue weighted by atomic mass is 10.0. The van der Waals surface area contributed by atoms with Crippen LogP contribution >= 0.6 is 23.1 Å². The number of benzene rings is 2. The third kappa shape index (κ3) is 5.15. The number of nitrogens with zero attached hydrogens (tertiary/aromatic N) is 2. The van der Waals surface area contributed by atoms with Crippen molar-refractivity contribution in [3.8, 4) is 0 Å². The van der Waals surface area contributed by atoms with Gasteiger partial charge in [0.15, 0.2) is 10.6 Å². The van der Waals surface area contributed by atoms with E-state index in [0.29, 0.717) is 5.69 Å². The van der Waals surface area contributed by atoms with Gasteiger partial charge in [0.05, 0.1) is 18.8 Å². The van der Waals surface area contributed by atoms with Crippen molar-refractivity contribution in [2.24, 2.45) is 0 Å². The third-order valence-electron chi connectivity index (χ3n) is 4.70. The quantitative estimate of drug-likeness (QED) is 0.447. The topological polar surface area (TPSA) is 90.5 Å². The summed E-state index contributed by atoms with van der Waals surface area (Å²) >= 11 is 3.25. The summed E-state index contributed by atoms with van der Waals surface area (Å²) in [5.41, 5.74) is 9.50. The summed E-state index contributed by atoms with van der Waals surface area (Å²) in [6.07, 6.45) is 0.135. The highest BCUT2D eigenvalue weighted by Crippen LogP contribution is 2.39. The summed E-state index contributed by atoms with van der Waals surface area (Å²) in [6.45, 7) is 1.98. The van der Waals surface area contributed by atoms with Crippen molar-refractivity contribution >= 4 is 28.8 Å². The maximum atomic E-state index is 9.30. The Morgan fingerprint density at radius 2 is 1.97 bits per heavy atom. The number of anilines is 1. The minimum absolute atomic E-state index is 0.00750. The molecule has 6 nitrogen and oxygen atoms in total. The van der Waals surface area contributed by atoms with Gasteiger partial charge in [0, 0.05) is 23.4 Å². The Balaban J connectivity index is 1.53. The molecule has 152 valence electrons. The summed E-state index contributed by atoms with van der Waals surface area (Å²) in [7, 11) is 0. The molecule has 4 rings (SSSR count). The van der Waals surface area contributed by atoms with E-state index in [9.17, 15) is 5.11 Å². The van der Waals surface area contributed by atoms with Crippen molar-refractivity contribution in [3.63, 3.8) is 0 Å². The van der Waals surface area contributed by atoms with Crippen molar-refractivity contribution in [2.75, 3.05) is 11.5 Å². The van der Waals surface area contributed by atoms with Crippen LogP contribution in [0.3, 0.4) is 0 Å². The number of nitrogens with two attached hydrogens (primary N) is 1. The molecule has 1 fully saturated rings. The first kappa shape index (κ1) is 20.3. The van der Waals surface area contributed by atoms with Gasteiger partial charge in [-0.25, -0.2) is 0 Å². The van der Waals surface area contributed by atoms with E-state index in [2.05, 4.69) is 10.2 Å². The fourth-order valence-corrected chi connectivity index (χ4v) is 5.09. The van der Waals surface area contributed by atoms with Gasteiger partial charge in [-0.2, -0.15) is 0 Å². The zero-order valence-electron chi connectivity index (χ0n) is 16.0. The van der Waals surface area contributed by atoms with Crippen LogP contribution in [-0.2, 0) is 16.1 Å². The largest absolute Gasteiger partial charge is 0.399 e. The smallest absolute Gasteiger partial charge is 0.184 e. The Hall–Kier alpha value is -1.97. The summed E-state index contributed by atoms with van der Waals surface area (Å²) < 4.78 is 13.5. The molecule has 1 aromatic heterocycles. The normalized spacial score (nSPS) is 21.9. The molecule has 1 saturated heterocycles. The summed E-state index contributed by atoms with van der Waals surface area (Å²) in [6, 6.07) is 15.5. The Labute approximate surface area is 178 Å². The van der Waals surface area contributed by atoms with E-state index in [4.69, 9.17) is 15.2 Å². The van der Waals surface area contributed by atoms with Crippen molar-refractivity contribution < 1.29 is 14.6 Å². The summed E-state index contributed by atoms with van der Waals surface area (Å²) in [5, 5.41) is 18.5. The van der Waals surface area contributed by atoms with Crippen LogP contribution in [0.25, 0.3) is 0 Å². The van der Waals surface area contributed by atoms with E-state index in [1.54, 1.807) is 23.1 Å². The Morgan fingerprint density at radius 1 is 1.14 bits per heavy atom. The van der Waals surface area contributed by atoms with Crippen LogP contribution in [0.15, 0.2) is 52.9 Å². The number of rotatable bonds is 6. The van der Waals surface area contributed by atoms with Crippen LogP contribution in [0.2, 0.25) is 0 Å². The van der Waals surface area contributed by atoms with Gasteiger partial charge in [-0.15, -0.1) is 10.2 Å². The Kier molecular flexibility index (Phi) is 6.46. The number of nitrogen functional groups attached to an aromatic ring is 1. The minimum atomic E-state index is -0.489. The maximum absolute atomic E-state index is 9.30. The molecule has 0 aliphatic carbocycles. The first-order chi connectivity index (χ1) is 14.1. The van der Waals surface area contributed by atoms with Gasteiger partial charge in [-0.1, -0.05) is 59.5 Å². The molecule has 2 aromatic carbocycles. The zero-order valence-corrected chi connectivity index (χ0v) is 17.7. The van der Waals surface area contributed by atoms with Gasteiger partial charge < -0.3 is 20.3 Å². The average Bonchev–Trinajstić information content (AvgIpc) is 3.17. The van der Waals surface area contributed by atoms with E-state index in [0.717, 1.165) is 38.2 Å². The van der Waals surface area contributed by atoms with Crippen LogP contribution in [0, 0.1) is 6.92 Å². The van der Waals surface area contributed by atoms with Crippen LogP contribution in [0.5, 0.6) is 0 Å². The second-order valence-corrected chi connectivity index (χ2v) is 9.37. The number of aromatic nitrogens is 2. The molecule has 1 aliphatic rings. The second kappa shape index (κ2) is 9.23. The van der Waals surface area contributed by atoms with Crippen LogP contribution in [-0.4, -0.2) is 27.2 Å². The minimum Gasteiger partial charge on any atom is -0.399 e. The number of hydrogen-bond acceptors (Lipinski definition) is 8. The fraction of sp³-hybridized carbons (Fsp3) is 0.333. The first-order valence-electron chi connectivity index (χ1n) is 9.39. The monoisotopic (exact) mass is 429 g/mol. The predicted octanol–water partition coefficient (Wildman–Crippen LogP) is 4.26. The van der Waals surface area contributed by atoms with Gasteiger partial charge in [0.1, 0.15) is 5.01 Å². The second-order valence-electron chi connectivity index (χ2n) is 6.92. The van der Waals surface area contributed by atoms with Crippen molar-refractivity contribution in [1.29, 1.82) is 0 Å². The molecule has 0 saturated carbocycles. The van der Waals surface area contributed by atoms with Crippen LogP contribution < -0.4 is 5.73 Å². The van der Waals surface area contributed by atoms with E-state index < -0.39 is 6.29 Å². The number of aryl methyl sites for hydroxylation is 1. The predicted molar refractivity (Wildman–Crippen MR) is 115 cm³/mol. The van der Waals surface area contributed by atoms with Crippen molar-refractivity contribution in [3.05, 3.63) is 70.2 Å². The highest BCUT2D eigenvalue weighted by Gasteiger charge is 2.32. The molecule has 3 atom stereocenters. The third-order valence-corrected chi connectivity index (χ3v) is 6.80. The SMILES string of the molecule is Cc1nnc(SCC2CC(c3ccc(CO)cc3)OC(c3cccc(N)c3)O2)s1. The average molecular weight is 430 g/mol. The molecule has 3 N–H and O–H groups in total. The lowest BCUT2D eigenvalue weighted by Gasteiger charge is -2.36. The standard InChI is InChI=1S/C21H23N3O3S2/c1-13-23-24-21(29-13)28-12-18-10-19(15-7-5-14(11-25)6-8-15)27-20(26-18)16-3-2-4-17(22)9-16/h2-9,18-20,25H,10-12,22H2,1H3. The molecule has 0 spiro atoms. The molecular formula is C21H23N3O3S2. The molecule has 1 aliphatic heterocycles. The Morgan fingerprint density at radius 3 is 2.66 bits per heavy atom. The lowest BCUT2D eigenvalue weighted by molar-refractivity contribution is -0.245. The van der Waals surface area contributed by atoms with Gasteiger partial charge >= 0.3 is 0 Å². The van der Waals surface area contributed by atoms with Gasteiger partial charge in [0.2, 0.25) is 0 Å². The molecular weight excluding hydrogens is 406 g/mol. The maximum Gasteiger partial charge on any atom is 0.184 e. The van der Waals surface area contributed by atoms with Gasteiger partial charge in [-0.05, 0) is 30.2 Å². The van der Waals surface area contributed by atoms with E-state index in [-0.39, 0.29) is 18.8 Å². The molecule has 0 bridgehead atoms.